The normalized spacial score (nSPS) is 13.3. The van der Waals surface area contributed by atoms with Crippen molar-refractivity contribution < 1.29 is 12.8 Å². The summed E-state index contributed by atoms with van der Waals surface area (Å²) in [4.78, 5) is 0. The minimum atomic E-state index is -3.49. The van der Waals surface area contributed by atoms with Crippen molar-refractivity contribution in [1.29, 1.82) is 0 Å². The van der Waals surface area contributed by atoms with Gasteiger partial charge in [-0.15, -0.1) is 10.2 Å². The molecule has 0 unspecified atom stereocenters. The average molecular weight is 349 g/mol. The van der Waals surface area contributed by atoms with E-state index in [-0.39, 0.29) is 11.6 Å². The van der Waals surface area contributed by atoms with E-state index in [0.29, 0.717) is 27.9 Å². The highest BCUT2D eigenvalue weighted by atomic mass is 35.5. The van der Waals surface area contributed by atoms with E-state index in [9.17, 15) is 8.42 Å². The van der Waals surface area contributed by atoms with E-state index in [1.165, 1.54) is 0 Å². The minimum absolute atomic E-state index is 0.0961. The van der Waals surface area contributed by atoms with Crippen molar-refractivity contribution in [2.24, 2.45) is 0 Å². The Balaban J connectivity index is 2.23. The lowest BCUT2D eigenvalue weighted by Crippen LogP contribution is -2.13. The molecule has 1 heterocycles. The first-order chi connectivity index (χ1) is 9.83. The van der Waals surface area contributed by atoms with Gasteiger partial charge >= 0.3 is 0 Å². The zero-order valence-corrected chi connectivity index (χ0v) is 13.8. The molecule has 0 aliphatic carbocycles. The van der Waals surface area contributed by atoms with E-state index in [1.807, 2.05) is 6.92 Å². The fourth-order valence-corrected chi connectivity index (χ4v) is 3.34. The van der Waals surface area contributed by atoms with E-state index in [2.05, 4.69) is 10.2 Å². The van der Waals surface area contributed by atoms with Crippen LogP contribution in [0.4, 0.5) is 0 Å². The minimum Gasteiger partial charge on any atom is -0.424 e. The number of nitrogens with zero attached hydrogens (tertiary/aromatic N) is 2. The molecule has 0 fully saturated rings. The molecular weight excluding hydrogens is 335 g/mol. The lowest BCUT2D eigenvalue weighted by atomic mass is 10.2. The SMILES string of the molecule is CCc1nnc(CS(=O)(=O)[C@H](C)c2ccc(Cl)c(Cl)c2)o1. The largest absolute Gasteiger partial charge is 0.424 e. The van der Waals surface area contributed by atoms with Gasteiger partial charge in [0.1, 0.15) is 5.75 Å². The smallest absolute Gasteiger partial charge is 0.231 e. The standard InChI is InChI=1S/C13H14Cl2N2O3S/c1-3-12-16-17-13(20-12)7-21(18,19)8(2)9-4-5-10(14)11(15)6-9/h4-6,8H,3,7H2,1-2H3/t8-/m1/s1. The van der Waals surface area contributed by atoms with Gasteiger partial charge in [0.2, 0.25) is 11.8 Å². The molecule has 1 aromatic carbocycles. The highest BCUT2D eigenvalue weighted by Gasteiger charge is 2.26. The summed E-state index contributed by atoms with van der Waals surface area (Å²) in [5.74, 6) is 0.211. The first-order valence-electron chi connectivity index (χ1n) is 6.31. The molecule has 0 saturated carbocycles. The van der Waals surface area contributed by atoms with Crippen LogP contribution in [0.1, 0.15) is 36.4 Å². The van der Waals surface area contributed by atoms with Crippen LogP contribution in [0.25, 0.3) is 0 Å². The quantitative estimate of drug-likeness (QED) is 0.824. The number of aromatic nitrogens is 2. The highest BCUT2D eigenvalue weighted by molar-refractivity contribution is 7.90. The van der Waals surface area contributed by atoms with Gasteiger partial charge in [-0.2, -0.15) is 0 Å². The Hall–Kier alpha value is -1.11. The fourth-order valence-electron chi connectivity index (χ4n) is 1.76. The maximum absolute atomic E-state index is 12.4. The first-order valence-corrected chi connectivity index (χ1v) is 8.78. The topological polar surface area (TPSA) is 73.1 Å². The second-order valence-corrected chi connectivity index (χ2v) is 7.70. The summed E-state index contributed by atoms with van der Waals surface area (Å²) in [5.41, 5.74) is 0.569. The molecule has 0 N–H and O–H groups in total. The van der Waals surface area contributed by atoms with Crippen molar-refractivity contribution in [3.05, 3.63) is 45.6 Å². The number of halogens is 2. The van der Waals surface area contributed by atoms with Gasteiger partial charge in [-0.1, -0.05) is 36.2 Å². The molecule has 0 aliphatic rings. The van der Waals surface area contributed by atoms with Crippen molar-refractivity contribution in [3.63, 3.8) is 0 Å². The first kappa shape index (κ1) is 16.3. The maximum Gasteiger partial charge on any atom is 0.231 e. The molecule has 0 spiro atoms. The summed E-state index contributed by atoms with van der Waals surface area (Å²) in [5, 5.41) is 7.45. The predicted molar refractivity (Wildman–Crippen MR) is 81.2 cm³/mol. The van der Waals surface area contributed by atoms with Crippen molar-refractivity contribution in [1.82, 2.24) is 10.2 Å². The lowest BCUT2D eigenvalue weighted by molar-refractivity contribution is 0.464. The molecule has 1 atom stereocenters. The number of aryl methyl sites for hydroxylation is 1. The molecule has 21 heavy (non-hydrogen) atoms. The highest BCUT2D eigenvalue weighted by Crippen LogP contribution is 2.30. The van der Waals surface area contributed by atoms with Crippen LogP contribution in [-0.2, 0) is 22.0 Å². The van der Waals surface area contributed by atoms with Gasteiger partial charge in [-0.3, -0.25) is 0 Å². The van der Waals surface area contributed by atoms with Crippen LogP contribution < -0.4 is 0 Å². The van der Waals surface area contributed by atoms with Crippen molar-refractivity contribution in [3.8, 4) is 0 Å². The third-order valence-corrected chi connectivity index (χ3v) is 5.83. The fraction of sp³-hybridized carbons (Fsp3) is 0.385. The van der Waals surface area contributed by atoms with Gasteiger partial charge in [0, 0.05) is 6.42 Å². The summed E-state index contributed by atoms with van der Waals surface area (Å²) < 4.78 is 30.0. The van der Waals surface area contributed by atoms with Gasteiger partial charge in [-0.05, 0) is 24.6 Å². The number of hydrogen-bond donors (Lipinski definition) is 0. The zero-order chi connectivity index (χ0) is 15.6. The number of benzene rings is 1. The summed E-state index contributed by atoms with van der Waals surface area (Å²) in [7, 11) is -3.49. The van der Waals surface area contributed by atoms with Gasteiger partial charge in [-0.25, -0.2) is 8.42 Å². The van der Waals surface area contributed by atoms with Crippen LogP contribution in [-0.4, -0.2) is 18.6 Å². The molecule has 1 aromatic heterocycles. The molecule has 114 valence electrons. The van der Waals surface area contributed by atoms with Crippen LogP contribution in [0.3, 0.4) is 0 Å². The Morgan fingerprint density at radius 2 is 1.86 bits per heavy atom. The molecule has 0 radical (unpaired) electrons. The summed E-state index contributed by atoms with van der Waals surface area (Å²) in [6.07, 6.45) is 0.565. The molecule has 5 nitrogen and oxygen atoms in total. The van der Waals surface area contributed by atoms with E-state index < -0.39 is 15.1 Å². The summed E-state index contributed by atoms with van der Waals surface area (Å²) >= 11 is 11.8. The van der Waals surface area contributed by atoms with Crippen LogP contribution >= 0.6 is 23.2 Å². The lowest BCUT2D eigenvalue weighted by Gasteiger charge is -2.12. The number of hydrogen-bond acceptors (Lipinski definition) is 5. The Morgan fingerprint density at radius 1 is 1.19 bits per heavy atom. The summed E-state index contributed by atoms with van der Waals surface area (Å²) in [6, 6.07) is 4.77. The third-order valence-electron chi connectivity index (χ3n) is 3.09. The van der Waals surface area contributed by atoms with Crippen molar-refractivity contribution >= 4 is 33.0 Å². The van der Waals surface area contributed by atoms with Crippen LogP contribution in [0.2, 0.25) is 10.0 Å². The van der Waals surface area contributed by atoms with Gasteiger partial charge in [0.05, 0.1) is 15.3 Å². The zero-order valence-electron chi connectivity index (χ0n) is 11.5. The van der Waals surface area contributed by atoms with Crippen LogP contribution in [0, 0.1) is 0 Å². The van der Waals surface area contributed by atoms with E-state index >= 15 is 0 Å². The van der Waals surface area contributed by atoms with Gasteiger partial charge < -0.3 is 4.42 Å². The molecular formula is C13H14Cl2N2O3S. The van der Waals surface area contributed by atoms with Crippen LogP contribution in [0.5, 0.6) is 0 Å². The van der Waals surface area contributed by atoms with E-state index in [1.54, 1.807) is 25.1 Å². The molecule has 0 amide bonds. The monoisotopic (exact) mass is 348 g/mol. The van der Waals surface area contributed by atoms with Crippen molar-refractivity contribution in [2.75, 3.05) is 0 Å². The maximum atomic E-state index is 12.4. The van der Waals surface area contributed by atoms with Crippen molar-refractivity contribution in [2.45, 2.75) is 31.3 Å². The molecule has 0 aliphatic heterocycles. The Kier molecular flexibility index (Phi) is 4.91. The number of sulfone groups is 1. The third kappa shape index (κ3) is 3.75. The molecule has 2 aromatic rings. The molecule has 0 bridgehead atoms. The van der Waals surface area contributed by atoms with Gasteiger partial charge in [0.25, 0.3) is 0 Å². The van der Waals surface area contributed by atoms with E-state index in [4.69, 9.17) is 27.6 Å². The number of rotatable bonds is 5. The molecule has 2 rings (SSSR count). The Morgan fingerprint density at radius 3 is 2.43 bits per heavy atom. The Bertz CT molecular complexity index is 744. The Labute approximate surface area is 133 Å². The second kappa shape index (κ2) is 6.34. The van der Waals surface area contributed by atoms with Crippen LogP contribution in [0.15, 0.2) is 22.6 Å². The predicted octanol–water partition coefficient (Wildman–Crippen LogP) is 3.61. The molecule has 8 heteroatoms. The molecule has 0 saturated heterocycles. The second-order valence-electron chi connectivity index (χ2n) is 4.57. The summed E-state index contributed by atoms with van der Waals surface area (Å²) in [6.45, 7) is 3.44. The van der Waals surface area contributed by atoms with Gasteiger partial charge in [0.15, 0.2) is 9.84 Å². The average Bonchev–Trinajstić information content (AvgIpc) is 2.88. The van der Waals surface area contributed by atoms with E-state index in [0.717, 1.165) is 0 Å².